The van der Waals surface area contributed by atoms with Gasteiger partial charge >= 0.3 is 0 Å². The van der Waals surface area contributed by atoms with Crippen molar-refractivity contribution in [2.45, 2.75) is 42.5 Å². The first kappa shape index (κ1) is 13.8. The molecule has 0 atom stereocenters. The second kappa shape index (κ2) is 6.08. The van der Waals surface area contributed by atoms with Crippen molar-refractivity contribution < 1.29 is 5.21 Å². The molecule has 0 bridgehead atoms. The number of amidine groups is 1. The van der Waals surface area contributed by atoms with Crippen LogP contribution >= 0.6 is 11.8 Å². The van der Waals surface area contributed by atoms with Crippen molar-refractivity contribution in [2.75, 3.05) is 0 Å². The standard InChI is InChI=1S/C12H15N7OS/c13-10(18-20)8-5-6-14-11(15-8)21-12-17-16-9-4-2-1-3-7-19(9)12/h5-6,20H,1-4,7H2,(H2,13,18). The summed E-state index contributed by atoms with van der Waals surface area (Å²) in [6.07, 6.45) is 6.02. The summed E-state index contributed by atoms with van der Waals surface area (Å²) in [6.45, 7) is 0.921. The Morgan fingerprint density at radius 3 is 3.10 bits per heavy atom. The van der Waals surface area contributed by atoms with Gasteiger partial charge < -0.3 is 15.5 Å². The highest BCUT2D eigenvalue weighted by Gasteiger charge is 2.16. The summed E-state index contributed by atoms with van der Waals surface area (Å²) in [5.74, 6) is 0.974. The fraction of sp³-hybridized carbons (Fsp3) is 0.417. The zero-order valence-electron chi connectivity index (χ0n) is 11.3. The van der Waals surface area contributed by atoms with E-state index in [0.717, 1.165) is 36.8 Å². The van der Waals surface area contributed by atoms with Crippen molar-refractivity contribution in [3.05, 3.63) is 23.8 Å². The van der Waals surface area contributed by atoms with Crippen molar-refractivity contribution in [2.24, 2.45) is 10.9 Å². The van der Waals surface area contributed by atoms with Crippen molar-refractivity contribution in [3.8, 4) is 0 Å². The lowest BCUT2D eigenvalue weighted by molar-refractivity contribution is 0.318. The zero-order valence-corrected chi connectivity index (χ0v) is 12.1. The van der Waals surface area contributed by atoms with Gasteiger partial charge in [-0.3, -0.25) is 0 Å². The van der Waals surface area contributed by atoms with E-state index in [-0.39, 0.29) is 5.84 Å². The van der Waals surface area contributed by atoms with E-state index in [2.05, 4.69) is 29.9 Å². The number of aryl methyl sites for hydroxylation is 1. The molecule has 2 aromatic rings. The van der Waals surface area contributed by atoms with Gasteiger partial charge in [-0.25, -0.2) is 9.97 Å². The summed E-state index contributed by atoms with van der Waals surface area (Å²) >= 11 is 1.34. The summed E-state index contributed by atoms with van der Waals surface area (Å²) in [5, 5.41) is 21.4. The molecule has 110 valence electrons. The van der Waals surface area contributed by atoms with Crippen LogP contribution in [0.1, 0.15) is 30.8 Å². The first-order valence-electron chi connectivity index (χ1n) is 6.69. The molecule has 8 nitrogen and oxygen atoms in total. The molecule has 0 radical (unpaired) electrons. The van der Waals surface area contributed by atoms with E-state index >= 15 is 0 Å². The minimum atomic E-state index is -0.0423. The summed E-state index contributed by atoms with van der Waals surface area (Å²) in [4.78, 5) is 8.43. The Bertz CT molecular complexity index is 669. The molecule has 9 heteroatoms. The van der Waals surface area contributed by atoms with Crippen LogP contribution < -0.4 is 5.73 Å². The highest BCUT2D eigenvalue weighted by atomic mass is 32.2. The predicted molar refractivity (Wildman–Crippen MR) is 76.2 cm³/mol. The normalized spacial score (nSPS) is 15.5. The smallest absolute Gasteiger partial charge is 0.199 e. The number of nitrogens with zero attached hydrogens (tertiary/aromatic N) is 6. The Morgan fingerprint density at radius 2 is 2.24 bits per heavy atom. The highest BCUT2D eigenvalue weighted by molar-refractivity contribution is 7.99. The van der Waals surface area contributed by atoms with E-state index in [9.17, 15) is 0 Å². The van der Waals surface area contributed by atoms with Crippen LogP contribution in [-0.4, -0.2) is 35.8 Å². The van der Waals surface area contributed by atoms with Gasteiger partial charge in [0.25, 0.3) is 0 Å². The third-order valence-corrected chi connectivity index (χ3v) is 4.13. The lowest BCUT2D eigenvalue weighted by Crippen LogP contribution is -2.15. The summed E-state index contributed by atoms with van der Waals surface area (Å²) < 4.78 is 2.12. The molecule has 2 aromatic heterocycles. The first-order valence-corrected chi connectivity index (χ1v) is 7.50. The van der Waals surface area contributed by atoms with E-state index in [4.69, 9.17) is 10.9 Å². The molecular weight excluding hydrogens is 290 g/mol. The van der Waals surface area contributed by atoms with Gasteiger partial charge in [-0.15, -0.1) is 10.2 Å². The van der Waals surface area contributed by atoms with Gasteiger partial charge in [0.15, 0.2) is 16.1 Å². The second-order valence-corrected chi connectivity index (χ2v) is 5.61. The number of rotatable bonds is 3. The molecule has 0 saturated heterocycles. The van der Waals surface area contributed by atoms with Crippen LogP contribution in [0.25, 0.3) is 0 Å². The van der Waals surface area contributed by atoms with Crippen LogP contribution in [0.15, 0.2) is 27.7 Å². The van der Waals surface area contributed by atoms with Crippen LogP contribution in [0.3, 0.4) is 0 Å². The predicted octanol–water partition coefficient (Wildman–Crippen LogP) is 1.04. The maximum absolute atomic E-state index is 8.69. The number of oxime groups is 1. The highest BCUT2D eigenvalue weighted by Crippen LogP contribution is 2.26. The average Bonchev–Trinajstić information content (AvgIpc) is 2.74. The summed E-state index contributed by atoms with van der Waals surface area (Å²) in [5.41, 5.74) is 5.92. The fourth-order valence-corrected chi connectivity index (χ4v) is 3.01. The number of fused-ring (bicyclic) bond motifs is 1. The molecule has 3 heterocycles. The summed E-state index contributed by atoms with van der Waals surface area (Å²) in [7, 11) is 0. The Kier molecular flexibility index (Phi) is 4.00. The van der Waals surface area contributed by atoms with E-state index in [1.807, 2.05) is 0 Å². The molecule has 0 fully saturated rings. The van der Waals surface area contributed by atoms with Gasteiger partial charge in [0, 0.05) is 19.2 Å². The lowest BCUT2D eigenvalue weighted by Gasteiger charge is -2.05. The Labute approximate surface area is 125 Å². The number of nitrogens with two attached hydrogens (primary N) is 1. The van der Waals surface area contributed by atoms with Crippen LogP contribution in [-0.2, 0) is 13.0 Å². The van der Waals surface area contributed by atoms with Crippen molar-refractivity contribution in [1.82, 2.24) is 24.7 Å². The van der Waals surface area contributed by atoms with E-state index < -0.39 is 0 Å². The Balaban J connectivity index is 1.86. The average molecular weight is 305 g/mol. The largest absolute Gasteiger partial charge is 0.409 e. The molecule has 0 unspecified atom stereocenters. The summed E-state index contributed by atoms with van der Waals surface area (Å²) in [6, 6.07) is 1.59. The van der Waals surface area contributed by atoms with Gasteiger partial charge in [-0.1, -0.05) is 11.6 Å². The van der Waals surface area contributed by atoms with Crippen molar-refractivity contribution >= 4 is 17.6 Å². The van der Waals surface area contributed by atoms with Gasteiger partial charge in [-0.05, 0) is 30.7 Å². The van der Waals surface area contributed by atoms with Gasteiger partial charge in [0.1, 0.15) is 11.5 Å². The van der Waals surface area contributed by atoms with E-state index in [0.29, 0.717) is 10.9 Å². The van der Waals surface area contributed by atoms with Crippen molar-refractivity contribution in [3.63, 3.8) is 0 Å². The number of aromatic nitrogens is 5. The van der Waals surface area contributed by atoms with Crippen LogP contribution in [0.5, 0.6) is 0 Å². The molecule has 21 heavy (non-hydrogen) atoms. The van der Waals surface area contributed by atoms with Gasteiger partial charge in [0.2, 0.25) is 0 Å². The maximum atomic E-state index is 8.69. The maximum Gasteiger partial charge on any atom is 0.199 e. The quantitative estimate of drug-likeness (QED) is 0.286. The molecule has 3 rings (SSSR count). The molecular formula is C12H15N7OS. The minimum absolute atomic E-state index is 0.0423. The fourth-order valence-electron chi connectivity index (χ4n) is 2.20. The minimum Gasteiger partial charge on any atom is -0.409 e. The third kappa shape index (κ3) is 2.97. The van der Waals surface area contributed by atoms with E-state index in [1.54, 1.807) is 12.3 Å². The molecule has 0 amide bonds. The molecule has 1 aliphatic rings. The molecule has 0 saturated carbocycles. The topological polar surface area (TPSA) is 115 Å². The van der Waals surface area contributed by atoms with Crippen molar-refractivity contribution in [1.29, 1.82) is 0 Å². The van der Waals surface area contributed by atoms with Crippen LogP contribution in [0, 0.1) is 0 Å². The first-order chi connectivity index (χ1) is 10.3. The Hall–Kier alpha value is -2.16. The second-order valence-electron chi connectivity index (χ2n) is 4.67. The monoisotopic (exact) mass is 305 g/mol. The van der Waals surface area contributed by atoms with E-state index in [1.165, 1.54) is 18.2 Å². The Morgan fingerprint density at radius 1 is 1.33 bits per heavy atom. The van der Waals surface area contributed by atoms with Gasteiger partial charge in [-0.2, -0.15) is 0 Å². The SMILES string of the molecule is N/C(=N/O)c1ccnc(Sc2nnc3n2CCCCC3)n1. The van der Waals surface area contributed by atoms with Crippen LogP contribution in [0.4, 0.5) is 0 Å². The molecule has 0 aromatic carbocycles. The van der Waals surface area contributed by atoms with Crippen LogP contribution in [0.2, 0.25) is 0 Å². The van der Waals surface area contributed by atoms with Gasteiger partial charge in [0.05, 0.1) is 0 Å². The lowest BCUT2D eigenvalue weighted by atomic mass is 10.2. The molecule has 3 N–H and O–H groups in total. The number of hydrogen-bond donors (Lipinski definition) is 2. The number of hydrogen-bond acceptors (Lipinski definition) is 7. The third-order valence-electron chi connectivity index (χ3n) is 3.26. The molecule has 0 aliphatic carbocycles. The molecule has 0 spiro atoms. The zero-order chi connectivity index (χ0) is 14.7. The molecule has 1 aliphatic heterocycles.